The number of hydrogen-bond acceptors (Lipinski definition) is 1. The molecular formula is C32H41N. The molecular weight excluding hydrogens is 398 g/mol. The van der Waals surface area contributed by atoms with Crippen LogP contribution in [-0.4, -0.2) is 0 Å². The predicted molar refractivity (Wildman–Crippen MR) is 150 cm³/mol. The summed E-state index contributed by atoms with van der Waals surface area (Å²) in [5, 5.41) is 0. The maximum Gasteiger partial charge on any atom is 0.0496 e. The molecule has 0 N–H and O–H groups in total. The van der Waals surface area contributed by atoms with Crippen molar-refractivity contribution in [1.82, 2.24) is 0 Å². The van der Waals surface area contributed by atoms with Crippen LogP contribution in [0, 0.1) is 5.41 Å². The third kappa shape index (κ3) is 5.03. The Bertz CT molecular complexity index is 972. The van der Waals surface area contributed by atoms with Crippen molar-refractivity contribution < 1.29 is 0 Å². The van der Waals surface area contributed by atoms with E-state index in [0.717, 1.165) is 29.9 Å². The Labute approximate surface area is 202 Å². The largest absolute Gasteiger partial charge is 0.310 e. The minimum Gasteiger partial charge on any atom is -0.310 e. The first-order valence-electron chi connectivity index (χ1n) is 11.9. The van der Waals surface area contributed by atoms with E-state index in [0.29, 0.717) is 0 Å². The first kappa shape index (κ1) is 27.7. The van der Waals surface area contributed by atoms with Gasteiger partial charge in [-0.2, -0.15) is 0 Å². The summed E-state index contributed by atoms with van der Waals surface area (Å²) in [6.45, 7) is 30.6. The maximum absolute atomic E-state index is 4.20. The van der Waals surface area contributed by atoms with Crippen molar-refractivity contribution in [3.8, 4) is 0 Å². The zero-order valence-electron chi connectivity index (χ0n) is 21.3. The van der Waals surface area contributed by atoms with Crippen molar-refractivity contribution in [3.05, 3.63) is 139 Å². The summed E-state index contributed by atoms with van der Waals surface area (Å²) in [7, 11) is 0. The van der Waals surface area contributed by atoms with Crippen LogP contribution in [-0.2, 0) is 0 Å². The maximum atomic E-state index is 4.20. The van der Waals surface area contributed by atoms with E-state index in [4.69, 9.17) is 0 Å². The molecule has 33 heavy (non-hydrogen) atoms. The average Bonchev–Trinajstić information content (AvgIpc) is 3.27. The second-order valence-corrected chi connectivity index (χ2v) is 7.26. The number of benzene rings is 1. The molecule has 0 radical (unpaired) electrons. The predicted octanol–water partition coefficient (Wildman–Crippen LogP) is 9.65. The molecule has 1 heterocycles. The highest BCUT2D eigenvalue weighted by Crippen LogP contribution is 2.59. The van der Waals surface area contributed by atoms with Gasteiger partial charge in [0.1, 0.15) is 0 Å². The zero-order chi connectivity index (χ0) is 25.0. The van der Waals surface area contributed by atoms with Gasteiger partial charge in [-0.3, -0.25) is 0 Å². The highest BCUT2D eigenvalue weighted by Gasteiger charge is 2.48. The van der Waals surface area contributed by atoms with E-state index >= 15 is 0 Å². The van der Waals surface area contributed by atoms with Crippen LogP contribution in [0.5, 0.6) is 0 Å². The lowest BCUT2D eigenvalue weighted by molar-refractivity contribution is 0.457. The molecule has 0 amide bonds. The van der Waals surface area contributed by atoms with E-state index in [9.17, 15) is 0 Å². The second kappa shape index (κ2) is 13.3. The first-order chi connectivity index (χ1) is 16.1. The summed E-state index contributed by atoms with van der Waals surface area (Å²) in [6.07, 6.45) is 15.8. The quantitative estimate of drug-likeness (QED) is 0.426. The molecule has 1 aliphatic carbocycles. The molecule has 0 saturated carbocycles. The molecule has 174 valence electrons. The van der Waals surface area contributed by atoms with Crippen molar-refractivity contribution in [2.75, 3.05) is 4.90 Å². The number of anilines is 1. The van der Waals surface area contributed by atoms with Gasteiger partial charge in [-0.05, 0) is 60.3 Å². The number of nitrogens with zero attached hydrogens (tertiary/aromatic N) is 1. The SMILES string of the molecule is C=C/C=C1\C(=C/C)N(c2ccccc2)C(C=C)=C(C=C)C12CC(C=C)=C(C=C)C2.CC.CC. The Morgan fingerprint density at radius 2 is 1.33 bits per heavy atom. The van der Waals surface area contributed by atoms with E-state index in [2.05, 4.69) is 81.1 Å². The van der Waals surface area contributed by atoms with Gasteiger partial charge in [-0.1, -0.05) is 115 Å². The van der Waals surface area contributed by atoms with Crippen molar-refractivity contribution in [2.45, 2.75) is 47.5 Å². The Balaban J connectivity index is 0.00000129. The van der Waals surface area contributed by atoms with Crippen LogP contribution in [0.15, 0.2) is 139 Å². The normalized spacial score (nSPS) is 18.9. The van der Waals surface area contributed by atoms with Gasteiger partial charge < -0.3 is 4.90 Å². The summed E-state index contributed by atoms with van der Waals surface area (Å²) >= 11 is 0. The molecule has 1 aromatic carbocycles. The molecule has 1 spiro atoms. The van der Waals surface area contributed by atoms with E-state index in [-0.39, 0.29) is 5.41 Å². The van der Waals surface area contributed by atoms with Gasteiger partial charge in [0.2, 0.25) is 0 Å². The topological polar surface area (TPSA) is 3.24 Å². The summed E-state index contributed by atoms with van der Waals surface area (Å²) in [5.41, 5.74) is 7.95. The van der Waals surface area contributed by atoms with Gasteiger partial charge in [-0.25, -0.2) is 0 Å². The summed E-state index contributed by atoms with van der Waals surface area (Å²) in [4.78, 5) is 2.27. The molecule has 0 fully saturated rings. The molecule has 3 rings (SSSR count). The molecule has 0 aromatic heterocycles. The molecule has 0 saturated heterocycles. The molecule has 1 heteroatoms. The molecule has 2 aliphatic rings. The van der Waals surface area contributed by atoms with E-state index in [1.54, 1.807) is 0 Å². The number of hydrogen-bond donors (Lipinski definition) is 0. The van der Waals surface area contributed by atoms with Gasteiger partial charge in [-0.15, -0.1) is 0 Å². The van der Waals surface area contributed by atoms with Crippen LogP contribution in [0.4, 0.5) is 5.69 Å². The highest BCUT2D eigenvalue weighted by atomic mass is 15.2. The second-order valence-electron chi connectivity index (χ2n) is 7.26. The van der Waals surface area contributed by atoms with Gasteiger partial charge in [0.25, 0.3) is 0 Å². The third-order valence-corrected chi connectivity index (χ3v) is 5.92. The standard InChI is InChI=1S/C28H29N.2C2H6/c1-7-16-25-27(12-6)29(23-17-14-13-15-18-23)26(11-5)24(10-4)28(25)19-21(8-2)22(9-3)20-28;2*1-2/h7-18H,1-5,19-20H2,6H3;2*1-2H3/b25-16+,27-12+;;. The van der Waals surface area contributed by atoms with E-state index in [1.807, 2.05) is 64.1 Å². The molecule has 1 aromatic rings. The number of rotatable bonds is 6. The lowest BCUT2D eigenvalue weighted by Gasteiger charge is -2.46. The Kier molecular flexibility index (Phi) is 11.2. The molecule has 0 bridgehead atoms. The molecule has 1 aliphatic heterocycles. The molecule has 0 atom stereocenters. The monoisotopic (exact) mass is 439 g/mol. The van der Waals surface area contributed by atoms with Gasteiger partial charge >= 0.3 is 0 Å². The summed E-state index contributed by atoms with van der Waals surface area (Å²) in [6, 6.07) is 10.4. The lowest BCUT2D eigenvalue weighted by Crippen LogP contribution is -2.38. The van der Waals surface area contributed by atoms with Crippen LogP contribution in [0.1, 0.15) is 47.5 Å². The zero-order valence-corrected chi connectivity index (χ0v) is 21.3. The van der Waals surface area contributed by atoms with Gasteiger partial charge in [0.15, 0.2) is 0 Å². The smallest absolute Gasteiger partial charge is 0.0496 e. The Morgan fingerprint density at radius 1 is 0.788 bits per heavy atom. The number of allylic oxidation sites excluding steroid dienone is 11. The Hall–Kier alpha value is -3.32. The summed E-state index contributed by atoms with van der Waals surface area (Å²) < 4.78 is 0. The molecule has 0 unspecified atom stereocenters. The van der Waals surface area contributed by atoms with Crippen molar-refractivity contribution >= 4 is 5.69 Å². The lowest BCUT2D eigenvalue weighted by atomic mass is 9.66. The Morgan fingerprint density at radius 3 is 1.73 bits per heavy atom. The van der Waals surface area contributed by atoms with Crippen LogP contribution in [0.3, 0.4) is 0 Å². The van der Waals surface area contributed by atoms with E-state index < -0.39 is 0 Å². The van der Waals surface area contributed by atoms with Crippen LogP contribution >= 0.6 is 0 Å². The fourth-order valence-corrected chi connectivity index (χ4v) is 4.74. The minimum atomic E-state index is -0.236. The van der Waals surface area contributed by atoms with Crippen LogP contribution < -0.4 is 4.90 Å². The third-order valence-electron chi connectivity index (χ3n) is 5.92. The highest BCUT2D eigenvalue weighted by molar-refractivity contribution is 5.73. The van der Waals surface area contributed by atoms with Crippen molar-refractivity contribution in [1.29, 1.82) is 0 Å². The van der Waals surface area contributed by atoms with Crippen molar-refractivity contribution in [2.24, 2.45) is 5.41 Å². The summed E-state index contributed by atoms with van der Waals surface area (Å²) in [5.74, 6) is 0. The van der Waals surface area contributed by atoms with Gasteiger partial charge in [0.05, 0.1) is 0 Å². The first-order valence-corrected chi connectivity index (χ1v) is 11.9. The number of para-hydroxylation sites is 1. The average molecular weight is 440 g/mol. The van der Waals surface area contributed by atoms with Crippen molar-refractivity contribution in [3.63, 3.8) is 0 Å². The van der Waals surface area contributed by atoms with E-state index in [1.165, 1.54) is 22.3 Å². The van der Waals surface area contributed by atoms with Crippen LogP contribution in [0.25, 0.3) is 0 Å². The fraction of sp³-hybridized carbons (Fsp3) is 0.250. The fourth-order valence-electron chi connectivity index (χ4n) is 4.74. The minimum absolute atomic E-state index is 0.236. The van der Waals surface area contributed by atoms with Crippen LogP contribution in [0.2, 0.25) is 0 Å². The molecule has 1 nitrogen and oxygen atoms in total. The van der Waals surface area contributed by atoms with Gasteiger partial charge in [0, 0.05) is 22.5 Å².